The van der Waals surface area contributed by atoms with Crippen molar-refractivity contribution in [1.29, 1.82) is 0 Å². The number of aryl methyl sites for hydroxylation is 1. The van der Waals surface area contributed by atoms with Gasteiger partial charge in [-0.2, -0.15) is 0 Å². The van der Waals surface area contributed by atoms with Gasteiger partial charge in [-0.1, -0.05) is 17.7 Å². The number of hydrogen-bond donors (Lipinski definition) is 0. The Morgan fingerprint density at radius 1 is 1.39 bits per heavy atom. The molecule has 0 unspecified atom stereocenters. The Kier molecular flexibility index (Phi) is 5.16. The highest BCUT2D eigenvalue weighted by Gasteiger charge is 2.15. The number of hydrogen-bond acceptors (Lipinski definition) is 3. The fourth-order valence-electron chi connectivity index (χ4n) is 1.49. The van der Waals surface area contributed by atoms with E-state index in [9.17, 15) is 9.59 Å². The zero-order valence-corrected chi connectivity index (χ0v) is 11.5. The van der Waals surface area contributed by atoms with Gasteiger partial charge >= 0.3 is 5.97 Å². The highest BCUT2D eigenvalue weighted by atomic mass is 35.5. The van der Waals surface area contributed by atoms with E-state index in [4.69, 9.17) is 11.6 Å². The van der Waals surface area contributed by atoms with Gasteiger partial charge in [0.2, 0.25) is 0 Å². The summed E-state index contributed by atoms with van der Waals surface area (Å²) < 4.78 is 4.53. The van der Waals surface area contributed by atoms with Crippen LogP contribution in [0.3, 0.4) is 0 Å². The van der Waals surface area contributed by atoms with Gasteiger partial charge in [-0.25, -0.2) is 0 Å². The molecule has 0 aliphatic heterocycles. The minimum Gasteiger partial charge on any atom is -0.469 e. The molecule has 1 rings (SSSR count). The molecule has 0 spiro atoms. The van der Waals surface area contributed by atoms with Crippen LogP contribution in [0, 0.1) is 6.92 Å². The second-order valence-electron chi connectivity index (χ2n) is 4.01. The molecule has 0 aliphatic rings. The third-order valence-corrected chi connectivity index (χ3v) is 2.89. The summed E-state index contributed by atoms with van der Waals surface area (Å²) in [5, 5.41) is 0.519. The molecule has 18 heavy (non-hydrogen) atoms. The first-order valence-electron chi connectivity index (χ1n) is 5.54. The molecular formula is C13H16ClNO3. The zero-order valence-electron chi connectivity index (χ0n) is 10.7. The van der Waals surface area contributed by atoms with Crippen LogP contribution in [0.1, 0.15) is 22.3 Å². The van der Waals surface area contributed by atoms with Crippen LogP contribution in [0.25, 0.3) is 0 Å². The topological polar surface area (TPSA) is 46.6 Å². The van der Waals surface area contributed by atoms with Crippen molar-refractivity contribution < 1.29 is 14.3 Å². The van der Waals surface area contributed by atoms with Crippen LogP contribution in [0.15, 0.2) is 18.2 Å². The van der Waals surface area contributed by atoms with Gasteiger partial charge in [-0.15, -0.1) is 0 Å². The first kappa shape index (κ1) is 14.5. The first-order chi connectivity index (χ1) is 8.45. The highest BCUT2D eigenvalue weighted by molar-refractivity contribution is 6.31. The summed E-state index contributed by atoms with van der Waals surface area (Å²) in [6, 6.07) is 5.17. The van der Waals surface area contributed by atoms with Gasteiger partial charge in [0.15, 0.2) is 0 Å². The molecule has 0 N–H and O–H groups in total. The molecule has 0 bridgehead atoms. The SMILES string of the molecule is COC(=O)CCN(C)C(=O)c1cc(Cl)ccc1C. The van der Waals surface area contributed by atoms with E-state index in [0.717, 1.165) is 5.56 Å². The average molecular weight is 270 g/mol. The van der Waals surface area contributed by atoms with Crippen LogP contribution in [0.4, 0.5) is 0 Å². The lowest BCUT2D eigenvalue weighted by Crippen LogP contribution is -2.29. The van der Waals surface area contributed by atoms with Crippen molar-refractivity contribution in [3.8, 4) is 0 Å². The van der Waals surface area contributed by atoms with Crippen molar-refractivity contribution in [1.82, 2.24) is 4.90 Å². The second-order valence-corrected chi connectivity index (χ2v) is 4.45. The Morgan fingerprint density at radius 2 is 2.06 bits per heavy atom. The summed E-state index contributed by atoms with van der Waals surface area (Å²) in [6.45, 7) is 2.16. The number of benzene rings is 1. The lowest BCUT2D eigenvalue weighted by atomic mass is 10.1. The number of carbonyl (C=O) groups excluding carboxylic acids is 2. The summed E-state index contributed by atoms with van der Waals surface area (Å²) in [5.74, 6) is -0.489. The van der Waals surface area contributed by atoms with Crippen molar-refractivity contribution >= 4 is 23.5 Å². The molecule has 0 aromatic heterocycles. The predicted molar refractivity (Wildman–Crippen MR) is 69.8 cm³/mol. The third kappa shape index (κ3) is 3.74. The van der Waals surface area contributed by atoms with Crippen molar-refractivity contribution in [3.05, 3.63) is 34.3 Å². The molecule has 0 saturated heterocycles. The lowest BCUT2D eigenvalue weighted by molar-refractivity contribution is -0.140. The predicted octanol–water partition coefficient (Wildman–Crippen LogP) is 2.28. The molecule has 5 heteroatoms. The first-order valence-corrected chi connectivity index (χ1v) is 5.92. The molecule has 0 fully saturated rings. The highest BCUT2D eigenvalue weighted by Crippen LogP contribution is 2.17. The maximum atomic E-state index is 12.1. The number of esters is 1. The Bertz CT molecular complexity index is 460. The van der Waals surface area contributed by atoms with Gasteiger partial charge < -0.3 is 9.64 Å². The largest absolute Gasteiger partial charge is 0.469 e. The summed E-state index contributed by atoms with van der Waals surface area (Å²) in [4.78, 5) is 24.6. The van der Waals surface area contributed by atoms with Crippen LogP contribution in [-0.4, -0.2) is 37.5 Å². The smallest absolute Gasteiger partial charge is 0.307 e. The van der Waals surface area contributed by atoms with E-state index in [1.807, 2.05) is 6.92 Å². The maximum Gasteiger partial charge on any atom is 0.307 e. The molecule has 0 saturated carbocycles. The lowest BCUT2D eigenvalue weighted by Gasteiger charge is -2.17. The Morgan fingerprint density at radius 3 is 2.67 bits per heavy atom. The van der Waals surface area contributed by atoms with E-state index >= 15 is 0 Å². The van der Waals surface area contributed by atoms with Gasteiger partial charge in [0.25, 0.3) is 5.91 Å². The van der Waals surface area contributed by atoms with Crippen LogP contribution in [-0.2, 0) is 9.53 Å². The van der Waals surface area contributed by atoms with E-state index in [1.165, 1.54) is 12.0 Å². The van der Waals surface area contributed by atoms with Gasteiger partial charge in [0, 0.05) is 24.2 Å². The van der Waals surface area contributed by atoms with Gasteiger partial charge in [0.1, 0.15) is 0 Å². The molecule has 1 aromatic carbocycles. The van der Waals surface area contributed by atoms with Crippen LogP contribution in [0.2, 0.25) is 5.02 Å². The fourth-order valence-corrected chi connectivity index (χ4v) is 1.66. The molecule has 4 nitrogen and oxygen atoms in total. The Labute approximate surface area is 111 Å². The summed E-state index contributed by atoms with van der Waals surface area (Å²) >= 11 is 5.87. The third-order valence-electron chi connectivity index (χ3n) is 2.66. The van der Waals surface area contributed by atoms with Crippen LogP contribution in [0.5, 0.6) is 0 Å². The average Bonchev–Trinajstić information content (AvgIpc) is 2.37. The molecule has 0 aliphatic carbocycles. The minimum atomic E-state index is -0.336. The van der Waals surface area contributed by atoms with E-state index in [1.54, 1.807) is 25.2 Å². The normalized spacial score (nSPS) is 10.0. The van der Waals surface area contributed by atoms with Gasteiger partial charge in [0.05, 0.1) is 13.5 Å². The van der Waals surface area contributed by atoms with Crippen molar-refractivity contribution in [3.63, 3.8) is 0 Å². The summed E-state index contributed by atoms with van der Waals surface area (Å²) in [6.07, 6.45) is 0.179. The van der Waals surface area contributed by atoms with Crippen molar-refractivity contribution in [2.75, 3.05) is 20.7 Å². The number of methoxy groups -OCH3 is 1. The number of nitrogens with zero attached hydrogens (tertiary/aromatic N) is 1. The van der Waals surface area contributed by atoms with Gasteiger partial charge in [-0.05, 0) is 24.6 Å². The van der Waals surface area contributed by atoms with E-state index < -0.39 is 0 Å². The van der Waals surface area contributed by atoms with E-state index in [0.29, 0.717) is 17.1 Å². The number of carbonyl (C=O) groups is 2. The Balaban J connectivity index is 2.74. The molecule has 0 radical (unpaired) electrons. The summed E-state index contributed by atoms with van der Waals surface area (Å²) in [5.41, 5.74) is 1.41. The molecule has 1 amide bonds. The molecule has 98 valence electrons. The molecular weight excluding hydrogens is 254 g/mol. The molecule has 1 aromatic rings. The molecule has 0 atom stereocenters. The zero-order chi connectivity index (χ0) is 13.7. The standard InChI is InChI=1S/C13H16ClNO3/c1-9-4-5-10(14)8-11(9)13(17)15(2)7-6-12(16)18-3/h4-5,8H,6-7H2,1-3H3. The van der Waals surface area contributed by atoms with E-state index in [-0.39, 0.29) is 18.3 Å². The van der Waals surface area contributed by atoms with Crippen LogP contribution < -0.4 is 0 Å². The number of ether oxygens (including phenoxy) is 1. The van der Waals surface area contributed by atoms with Gasteiger partial charge in [-0.3, -0.25) is 9.59 Å². The minimum absolute atomic E-state index is 0.154. The fraction of sp³-hybridized carbons (Fsp3) is 0.385. The monoisotopic (exact) mass is 269 g/mol. The number of amides is 1. The Hall–Kier alpha value is -1.55. The van der Waals surface area contributed by atoms with E-state index in [2.05, 4.69) is 4.74 Å². The molecule has 0 heterocycles. The van der Waals surface area contributed by atoms with Crippen LogP contribution >= 0.6 is 11.6 Å². The number of rotatable bonds is 4. The maximum absolute atomic E-state index is 12.1. The second kappa shape index (κ2) is 6.40. The number of halogens is 1. The quantitative estimate of drug-likeness (QED) is 0.788. The van der Waals surface area contributed by atoms with Crippen molar-refractivity contribution in [2.24, 2.45) is 0 Å². The van der Waals surface area contributed by atoms with Crippen molar-refractivity contribution in [2.45, 2.75) is 13.3 Å². The summed E-state index contributed by atoms with van der Waals surface area (Å²) in [7, 11) is 2.97.